The Labute approximate surface area is 199 Å². The SMILES string of the molecule is CNc1ccc(Nc2cccc3ccn(CC(=O)NC4(C(F)(F)F)CCCC4)c(=O)c23)cc1C=N. The summed E-state index contributed by atoms with van der Waals surface area (Å²) in [5.41, 5.74) is -0.169. The highest BCUT2D eigenvalue weighted by atomic mass is 19.4. The van der Waals surface area contributed by atoms with Crippen LogP contribution in [0.15, 0.2) is 53.5 Å². The molecule has 0 atom stereocenters. The molecule has 0 aliphatic heterocycles. The fourth-order valence-corrected chi connectivity index (χ4v) is 4.62. The third-order valence-electron chi connectivity index (χ3n) is 6.45. The molecule has 35 heavy (non-hydrogen) atoms. The number of amides is 1. The second-order valence-corrected chi connectivity index (χ2v) is 8.68. The van der Waals surface area contributed by atoms with Crippen molar-refractivity contribution in [1.29, 1.82) is 5.41 Å². The summed E-state index contributed by atoms with van der Waals surface area (Å²) in [6.45, 7) is -0.518. The molecule has 0 saturated heterocycles. The lowest BCUT2D eigenvalue weighted by atomic mass is 9.96. The Bertz CT molecular complexity index is 1330. The van der Waals surface area contributed by atoms with Crippen LogP contribution in [0.1, 0.15) is 31.2 Å². The molecule has 4 rings (SSSR count). The first-order valence-corrected chi connectivity index (χ1v) is 11.3. The van der Waals surface area contributed by atoms with Gasteiger partial charge in [0.1, 0.15) is 12.1 Å². The molecule has 4 N–H and O–H groups in total. The Balaban J connectivity index is 1.64. The molecule has 184 valence electrons. The number of benzene rings is 2. The zero-order valence-electron chi connectivity index (χ0n) is 19.1. The first-order valence-electron chi connectivity index (χ1n) is 11.3. The van der Waals surface area contributed by atoms with Gasteiger partial charge in [0, 0.05) is 36.4 Å². The number of pyridine rings is 1. The third kappa shape index (κ3) is 4.73. The van der Waals surface area contributed by atoms with Crippen molar-refractivity contribution < 1.29 is 18.0 Å². The summed E-state index contributed by atoms with van der Waals surface area (Å²) in [4.78, 5) is 25.9. The van der Waals surface area contributed by atoms with E-state index in [1.54, 1.807) is 49.5 Å². The van der Waals surface area contributed by atoms with Crippen molar-refractivity contribution in [3.8, 4) is 0 Å². The second kappa shape index (κ2) is 9.44. The summed E-state index contributed by atoms with van der Waals surface area (Å²) in [7, 11) is 1.75. The summed E-state index contributed by atoms with van der Waals surface area (Å²) in [6.07, 6.45) is -1.47. The van der Waals surface area contributed by atoms with E-state index in [1.807, 2.05) is 0 Å². The van der Waals surface area contributed by atoms with Gasteiger partial charge in [-0.05, 0) is 48.6 Å². The first-order chi connectivity index (χ1) is 16.7. The molecule has 0 unspecified atom stereocenters. The predicted molar refractivity (Wildman–Crippen MR) is 131 cm³/mol. The zero-order valence-corrected chi connectivity index (χ0v) is 19.1. The second-order valence-electron chi connectivity index (χ2n) is 8.68. The lowest BCUT2D eigenvalue weighted by Crippen LogP contribution is -2.57. The maximum absolute atomic E-state index is 13.7. The molecule has 0 bridgehead atoms. The molecule has 1 heterocycles. The van der Waals surface area contributed by atoms with Crippen LogP contribution >= 0.6 is 0 Å². The minimum absolute atomic E-state index is 0.160. The van der Waals surface area contributed by atoms with Crippen molar-refractivity contribution in [3.05, 3.63) is 64.6 Å². The van der Waals surface area contributed by atoms with E-state index in [2.05, 4.69) is 16.0 Å². The molecule has 2 aromatic carbocycles. The highest BCUT2D eigenvalue weighted by Crippen LogP contribution is 2.42. The van der Waals surface area contributed by atoms with E-state index in [0.717, 1.165) is 10.3 Å². The number of carbonyl (C=O) groups excluding carboxylic acids is 1. The number of alkyl halides is 3. The first kappa shape index (κ1) is 24.3. The van der Waals surface area contributed by atoms with Gasteiger partial charge in [0.15, 0.2) is 0 Å². The normalized spacial score (nSPS) is 15.1. The molecule has 3 aromatic rings. The Kier molecular flexibility index (Phi) is 6.56. The predicted octanol–water partition coefficient (Wildman–Crippen LogP) is 4.78. The molecule has 1 fully saturated rings. The molecular weight excluding hydrogens is 459 g/mol. The molecule has 1 aromatic heterocycles. The van der Waals surface area contributed by atoms with Crippen LogP contribution in [0.5, 0.6) is 0 Å². The number of anilines is 3. The number of halogens is 3. The number of carbonyl (C=O) groups is 1. The van der Waals surface area contributed by atoms with Crippen molar-refractivity contribution in [2.45, 2.75) is 43.9 Å². The molecule has 7 nitrogen and oxygen atoms in total. The number of nitrogens with zero attached hydrogens (tertiary/aromatic N) is 1. The average molecular weight is 486 g/mol. The van der Waals surface area contributed by atoms with Crippen LogP contribution in [0, 0.1) is 5.41 Å². The number of rotatable bonds is 7. The summed E-state index contributed by atoms with van der Waals surface area (Å²) in [6, 6.07) is 12.2. The van der Waals surface area contributed by atoms with E-state index < -0.39 is 29.7 Å². The van der Waals surface area contributed by atoms with Crippen LogP contribution in [-0.4, -0.2) is 35.5 Å². The van der Waals surface area contributed by atoms with Crippen LogP contribution < -0.4 is 21.5 Å². The monoisotopic (exact) mass is 485 g/mol. The van der Waals surface area contributed by atoms with Gasteiger partial charge in [0.2, 0.25) is 5.91 Å². The van der Waals surface area contributed by atoms with E-state index in [1.165, 1.54) is 12.4 Å². The van der Waals surface area contributed by atoms with Gasteiger partial charge in [-0.1, -0.05) is 25.0 Å². The van der Waals surface area contributed by atoms with Gasteiger partial charge in [-0.15, -0.1) is 0 Å². The number of hydrogen-bond acceptors (Lipinski definition) is 5. The van der Waals surface area contributed by atoms with Gasteiger partial charge in [-0.25, -0.2) is 0 Å². The highest BCUT2D eigenvalue weighted by Gasteiger charge is 2.56. The average Bonchev–Trinajstić information content (AvgIpc) is 3.30. The van der Waals surface area contributed by atoms with E-state index in [4.69, 9.17) is 5.41 Å². The largest absolute Gasteiger partial charge is 0.411 e. The van der Waals surface area contributed by atoms with E-state index in [9.17, 15) is 22.8 Å². The zero-order chi connectivity index (χ0) is 25.2. The quantitative estimate of drug-likeness (QED) is 0.362. The van der Waals surface area contributed by atoms with Crippen LogP contribution in [0.25, 0.3) is 10.8 Å². The van der Waals surface area contributed by atoms with Crippen molar-refractivity contribution in [2.24, 2.45) is 0 Å². The summed E-state index contributed by atoms with van der Waals surface area (Å²) in [5, 5.41) is 16.9. The fourth-order valence-electron chi connectivity index (χ4n) is 4.62. The minimum atomic E-state index is -4.55. The van der Waals surface area contributed by atoms with E-state index in [-0.39, 0.29) is 12.8 Å². The molecule has 1 aliphatic carbocycles. The number of hydrogen-bond donors (Lipinski definition) is 4. The van der Waals surface area contributed by atoms with Crippen LogP contribution in [0.4, 0.5) is 30.2 Å². The third-order valence-corrected chi connectivity index (χ3v) is 6.45. The van der Waals surface area contributed by atoms with Gasteiger partial charge in [0.25, 0.3) is 5.56 Å². The summed E-state index contributed by atoms with van der Waals surface area (Å²) >= 11 is 0. The molecule has 1 amide bonds. The van der Waals surface area contributed by atoms with Gasteiger partial charge >= 0.3 is 6.18 Å². The number of fused-ring (bicyclic) bond motifs is 1. The Morgan fingerprint density at radius 2 is 1.89 bits per heavy atom. The topological polar surface area (TPSA) is 99.0 Å². The maximum atomic E-state index is 13.7. The Hall–Kier alpha value is -3.82. The van der Waals surface area contributed by atoms with E-state index in [0.29, 0.717) is 40.6 Å². The van der Waals surface area contributed by atoms with Crippen LogP contribution in [0.3, 0.4) is 0 Å². The lowest BCUT2D eigenvalue weighted by Gasteiger charge is -2.32. The smallest absolute Gasteiger partial charge is 0.388 e. The molecule has 1 aliphatic rings. The summed E-state index contributed by atoms with van der Waals surface area (Å²) in [5.74, 6) is -0.852. The van der Waals surface area contributed by atoms with Gasteiger partial charge in [-0.3, -0.25) is 9.59 Å². The van der Waals surface area contributed by atoms with Gasteiger partial charge in [0.05, 0.1) is 11.1 Å². The molecule has 0 spiro atoms. The van der Waals surface area contributed by atoms with Gasteiger partial charge < -0.3 is 25.9 Å². The van der Waals surface area contributed by atoms with Gasteiger partial charge in [-0.2, -0.15) is 13.2 Å². The maximum Gasteiger partial charge on any atom is 0.411 e. The lowest BCUT2D eigenvalue weighted by molar-refractivity contribution is -0.197. The highest BCUT2D eigenvalue weighted by molar-refractivity contribution is 5.95. The van der Waals surface area contributed by atoms with Crippen LogP contribution in [-0.2, 0) is 11.3 Å². The Morgan fingerprint density at radius 3 is 2.54 bits per heavy atom. The standard InChI is InChI=1S/C25H26F3N5O2/c1-30-19-8-7-18(13-17(19)14-29)31-20-6-4-5-16-9-12-33(23(35)22(16)20)15-21(34)32-24(25(26,27)28)10-2-3-11-24/h4-9,12-14,29-31H,2-3,10-11,15H2,1H3,(H,32,34). The number of aromatic nitrogens is 1. The van der Waals surface area contributed by atoms with Crippen molar-refractivity contribution in [2.75, 3.05) is 17.7 Å². The van der Waals surface area contributed by atoms with Crippen molar-refractivity contribution in [1.82, 2.24) is 9.88 Å². The number of nitrogens with one attached hydrogen (secondary N) is 4. The molecule has 0 radical (unpaired) electrons. The molecule has 1 saturated carbocycles. The fraction of sp³-hybridized carbons (Fsp3) is 0.320. The van der Waals surface area contributed by atoms with E-state index >= 15 is 0 Å². The van der Waals surface area contributed by atoms with Crippen molar-refractivity contribution in [3.63, 3.8) is 0 Å². The summed E-state index contributed by atoms with van der Waals surface area (Å²) < 4.78 is 42.1. The molecular formula is C25H26F3N5O2. The molecule has 10 heteroatoms. The van der Waals surface area contributed by atoms with Crippen molar-refractivity contribution >= 4 is 40.0 Å². The minimum Gasteiger partial charge on any atom is -0.388 e. The van der Waals surface area contributed by atoms with Crippen LogP contribution in [0.2, 0.25) is 0 Å². The Morgan fingerprint density at radius 1 is 1.14 bits per heavy atom.